The quantitative estimate of drug-likeness (QED) is 0.362. The van der Waals surface area contributed by atoms with Gasteiger partial charge in [0.15, 0.2) is 5.16 Å². The van der Waals surface area contributed by atoms with Gasteiger partial charge in [-0.2, -0.15) is 0 Å². The summed E-state index contributed by atoms with van der Waals surface area (Å²) in [5.41, 5.74) is 5.07. The second-order valence-corrected chi connectivity index (χ2v) is 7.09. The van der Waals surface area contributed by atoms with E-state index >= 15 is 0 Å². The van der Waals surface area contributed by atoms with Gasteiger partial charge in [0.25, 0.3) is 0 Å². The number of anilines is 1. The molecule has 0 saturated heterocycles. The Bertz CT molecular complexity index is 753. The molecule has 146 valence electrons. The molecule has 0 spiro atoms. The van der Waals surface area contributed by atoms with Gasteiger partial charge in [-0.1, -0.05) is 30.0 Å². The summed E-state index contributed by atoms with van der Waals surface area (Å²) in [4.78, 5) is 23.5. The van der Waals surface area contributed by atoms with E-state index in [1.807, 2.05) is 38.3 Å². The molecule has 27 heavy (non-hydrogen) atoms. The fraction of sp³-hybridized carbons (Fsp3) is 0.476. The number of carbonyl (C=O) groups is 1. The Labute approximate surface area is 166 Å². The number of carbonyl (C=O) groups excluding carboxylic acids is 1. The SMILES string of the molecule is CCN(CC)c1ccccc1COC(=O)CCc1c(C)nc(SC)nc1C. The minimum Gasteiger partial charge on any atom is -0.461 e. The zero-order valence-corrected chi connectivity index (χ0v) is 17.7. The largest absolute Gasteiger partial charge is 0.461 e. The average molecular weight is 388 g/mol. The molecule has 0 fully saturated rings. The van der Waals surface area contributed by atoms with Crippen LogP contribution in [0.1, 0.15) is 42.8 Å². The van der Waals surface area contributed by atoms with Crippen molar-refractivity contribution < 1.29 is 9.53 Å². The maximum atomic E-state index is 12.3. The molecule has 0 unspecified atom stereocenters. The summed E-state index contributed by atoms with van der Waals surface area (Å²) in [7, 11) is 0. The van der Waals surface area contributed by atoms with Crippen LogP contribution >= 0.6 is 11.8 Å². The van der Waals surface area contributed by atoms with Gasteiger partial charge in [-0.05, 0) is 52.0 Å². The molecule has 0 aliphatic carbocycles. The molecular weight excluding hydrogens is 358 g/mol. The molecule has 5 nitrogen and oxygen atoms in total. The minimum atomic E-state index is -0.197. The maximum absolute atomic E-state index is 12.3. The van der Waals surface area contributed by atoms with Crippen LogP contribution in [0.15, 0.2) is 29.4 Å². The van der Waals surface area contributed by atoms with Crippen molar-refractivity contribution in [1.82, 2.24) is 9.97 Å². The van der Waals surface area contributed by atoms with Crippen molar-refractivity contribution in [3.8, 4) is 0 Å². The fourth-order valence-electron chi connectivity index (χ4n) is 3.12. The molecule has 2 aromatic rings. The molecule has 0 amide bonds. The van der Waals surface area contributed by atoms with Gasteiger partial charge in [-0.25, -0.2) is 9.97 Å². The monoisotopic (exact) mass is 387 g/mol. The zero-order chi connectivity index (χ0) is 19.8. The average Bonchev–Trinajstić information content (AvgIpc) is 2.67. The molecule has 0 radical (unpaired) electrons. The molecule has 0 saturated carbocycles. The molecule has 1 aromatic heterocycles. The van der Waals surface area contributed by atoms with Crippen molar-refractivity contribution in [2.75, 3.05) is 24.2 Å². The van der Waals surface area contributed by atoms with Gasteiger partial charge >= 0.3 is 5.97 Å². The van der Waals surface area contributed by atoms with E-state index in [4.69, 9.17) is 4.74 Å². The molecule has 0 bridgehead atoms. The van der Waals surface area contributed by atoms with Gasteiger partial charge in [-0.3, -0.25) is 4.79 Å². The Morgan fingerprint density at radius 2 is 1.74 bits per heavy atom. The van der Waals surface area contributed by atoms with E-state index in [-0.39, 0.29) is 5.97 Å². The lowest BCUT2D eigenvalue weighted by molar-refractivity contribution is -0.144. The van der Waals surface area contributed by atoms with E-state index in [9.17, 15) is 4.79 Å². The first-order valence-electron chi connectivity index (χ1n) is 9.36. The van der Waals surface area contributed by atoms with E-state index in [0.29, 0.717) is 19.4 Å². The van der Waals surface area contributed by atoms with E-state index in [1.165, 1.54) is 11.8 Å². The highest BCUT2D eigenvalue weighted by molar-refractivity contribution is 7.98. The summed E-state index contributed by atoms with van der Waals surface area (Å²) in [5.74, 6) is -0.197. The lowest BCUT2D eigenvalue weighted by atomic mass is 10.1. The van der Waals surface area contributed by atoms with E-state index in [0.717, 1.165) is 46.4 Å². The van der Waals surface area contributed by atoms with Crippen molar-refractivity contribution in [2.24, 2.45) is 0 Å². The number of hydrogen-bond donors (Lipinski definition) is 0. The molecule has 0 aliphatic rings. The number of rotatable bonds is 9. The Kier molecular flexibility index (Phi) is 8.10. The van der Waals surface area contributed by atoms with E-state index in [1.54, 1.807) is 0 Å². The van der Waals surface area contributed by atoms with Crippen LogP contribution in [0.3, 0.4) is 0 Å². The lowest BCUT2D eigenvalue weighted by Gasteiger charge is -2.24. The number of aryl methyl sites for hydroxylation is 2. The van der Waals surface area contributed by atoms with Gasteiger partial charge in [0.2, 0.25) is 0 Å². The van der Waals surface area contributed by atoms with Crippen molar-refractivity contribution >= 4 is 23.4 Å². The highest BCUT2D eigenvalue weighted by atomic mass is 32.2. The predicted octanol–water partition coefficient (Wildman–Crippen LogP) is 4.34. The molecule has 1 aromatic carbocycles. The molecule has 0 atom stereocenters. The van der Waals surface area contributed by atoms with Gasteiger partial charge in [0.05, 0.1) is 0 Å². The van der Waals surface area contributed by atoms with Crippen LogP contribution in [0.25, 0.3) is 0 Å². The molecule has 0 N–H and O–H groups in total. The van der Waals surface area contributed by atoms with Gasteiger partial charge in [0.1, 0.15) is 6.61 Å². The first-order chi connectivity index (χ1) is 13.0. The number of aromatic nitrogens is 2. The Balaban J connectivity index is 1.96. The number of para-hydroxylation sites is 1. The van der Waals surface area contributed by atoms with Crippen LogP contribution < -0.4 is 4.90 Å². The third-order valence-corrected chi connectivity index (χ3v) is 5.19. The number of esters is 1. The maximum Gasteiger partial charge on any atom is 0.306 e. The minimum absolute atomic E-state index is 0.197. The Morgan fingerprint density at radius 3 is 2.33 bits per heavy atom. The van der Waals surface area contributed by atoms with Crippen LogP contribution in [0.4, 0.5) is 5.69 Å². The zero-order valence-electron chi connectivity index (χ0n) is 16.9. The van der Waals surface area contributed by atoms with Crippen LogP contribution in [0.2, 0.25) is 0 Å². The highest BCUT2D eigenvalue weighted by Gasteiger charge is 2.13. The summed E-state index contributed by atoms with van der Waals surface area (Å²) < 4.78 is 5.54. The summed E-state index contributed by atoms with van der Waals surface area (Å²) in [6.07, 6.45) is 2.89. The molecule has 0 aliphatic heterocycles. The summed E-state index contributed by atoms with van der Waals surface area (Å²) >= 11 is 1.53. The Morgan fingerprint density at radius 1 is 1.11 bits per heavy atom. The smallest absolute Gasteiger partial charge is 0.306 e. The Hall–Kier alpha value is -2.08. The van der Waals surface area contributed by atoms with Crippen molar-refractivity contribution in [1.29, 1.82) is 0 Å². The van der Waals surface area contributed by atoms with Gasteiger partial charge < -0.3 is 9.64 Å². The second-order valence-electron chi connectivity index (χ2n) is 6.32. The van der Waals surface area contributed by atoms with Crippen molar-refractivity contribution in [2.45, 2.75) is 52.3 Å². The number of nitrogens with zero attached hydrogens (tertiary/aromatic N) is 3. The van der Waals surface area contributed by atoms with E-state index in [2.05, 4.69) is 34.8 Å². The number of thioether (sulfide) groups is 1. The topological polar surface area (TPSA) is 55.3 Å². The standard InChI is InChI=1S/C21H29N3O2S/c1-6-24(7-2)19-11-9-8-10-17(19)14-26-20(25)13-12-18-15(3)22-21(27-5)23-16(18)4/h8-11H,6-7,12-14H2,1-5H3. The second kappa shape index (κ2) is 10.3. The molecular formula is C21H29N3O2S. The van der Waals surface area contributed by atoms with Crippen LogP contribution in [0, 0.1) is 13.8 Å². The third-order valence-electron chi connectivity index (χ3n) is 4.65. The summed E-state index contributed by atoms with van der Waals surface area (Å²) in [5, 5.41) is 0.768. The fourth-order valence-corrected chi connectivity index (χ4v) is 3.58. The first-order valence-corrected chi connectivity index (χ1v) is 10.6. The first kappa shape index (κ1) is 21.2. The predicted molar refractivity (Wildman–Crippen MR) is 111 cm³/mol. The van der Waals surface area contributed by atoms with Crippen molar-refractivity contribution in [3.05, 3.63) is 46.8 Å². The highest BCUT2D eigenvalue weighted by Crippen LogP contribution is 2.22. The normalized spacial score (nSPS) is 10.7. The van der Waals surface area contributed by atoms with Crippen LogP contribution in [-0.2, 0) is 22.6 Å². The summed E-state index contributed by atoms with van der Waals surface area (Å²) in [6.45, 7) is 10.3. The summed E-state index contributed by atoms with van der Waals surface area (Å²) in [6, 6.07) is 8.09. The van der Waals surface area contributed by atoms with Crippen LogP contribution in [0.5, 0.6) is 0 Å². The van der Waals surface area contributed by atoms with Gasteiger partial charge in [-0.15, -0.1) is 0 Å². The van der Waals surface area contributed by atoms with Crippen molar-refractivity contribution in [3.63, 3.8) is 0 Å². The molecule has 1 heterocycles. The third kappa shape index (κ3) is 5.70. The number of hydrogen-bond acceptors (Lipinski definition) is 6. The van der Waals surface area contributed by atoms with Crippen LogP contribution in [-0.4, -0.2) is 35.3 Å². The lowest BCUT2D eigenvalue weighted by Crippen LogP contribution is -2.23. The van der Waals surface area contributed by atoms with Gasteiger partial charge in [0, 0.05) is 42.1 Å². The number of ether oxygens (including phenoxy) is 1. The molecule has 2 rings (SSSR count). The molecule has 6 heteroatoms. The van der Waals surface area contributed by atoms with E-state index < -0.39 is 0 Å². The number of benzene rings is 1.